The van der Waals surface area contributed by atoms with Gasteiger partial charge in [0.2, 0.25) is 5.91 Å². The van der Waals surface area contributed by atoms with Gasteiger partial charge in [0.25, 0.3) is 0 Å². The molecule has 0 aliphatic carbocycles. The topological polar surface area (TPSA) is 68.0 Å². The number of pyridine rings is 1. The maximum atomic E-state index is 11.5. The molecule has 1 amide bonds. The predicted molar refractivity (Wildman–Crippen MR) is 55.9 cm³/mol. The van der Waals surface area contributed by atoms with Crippen molar-refractivity contribution in [1.82, 2.24) is 4.98 Å². The van der Waals surface area contributed by atoms with Gasteiger partial charge < -0.3 is 11.1 Å². The van der Waals surface area contributed by atoms with Crippen LogP contribution >= 0.6 is 0 Å². The molecule has 0 unspecified atom stereocenters. The van der Waals surface area contributed by atoms with E-state index in [1.807, 2.05) is 6.92 Å². The van der Waals surface area contributed by atoms with Crippen LogP contribution in [-0.2, 0) is 4.79 Å². The van der Waals surface area contributed by atoms with Crippen molar-refractivity contribution >= 4 is 11.6 Å². The van der Waals surface area contributed by atoms with E-state index in [0.29, 0.717) is 5.69 Å². The summed E-state index contributed by atoms with van der Waals surface area (Å²) in [5, 5.41) is 2.72. The van der Waals surface area contributed by atoms with Crippen LogP contribution in [-0.4, -0.2) is 16.4 Å². The number of rotatable bonds is 2. The van der Waals surface area contributed by atoms with Gasteiger partial charge in [0.05, 0.1) is 16.9 Å². The van der Waals surface area contributed by atoms with E-state index >= 15 is 0 Å². The van der Waals surface area contributed by atoms with Crippen LogP contribution in [0.15, 0.2) is 18.3 Å². The molecule has 1 rings (SSSR count). The van der Waals surface area contributed by atoms with Crippen molar-refractivity contribution in [2.24, 2.45) is 5.73 Å². The average molecular weight is 193 g/mol. The molecule has 0 saturated heterocycles. The molecule has 4 heteroatoms. The van der Waals surface area contributed by atoms with Crippen LogP contribution in [0.3, 0.4) is 0 Å². The maximum Gasteiger partial charge on any atom is 0.243 e. The summed E-state index contributed by atoms with van der Waals surface area (Å²) >= 11 is 0. The van der Waals surface area contributed by atoms with Gasteiger partial charge in [-0.3, -0.25) is 9.78 Å². The molecule has 1 heterocycles. The van der Waals surface area contributed by atoms with Crippen molar-refractivity contribution in [3.05, 3.63) is 24.0 Å². The van der Waals surface area contributed by atoms with E-state index in [9.17, 15) is 4.79 Å². The largest absolute Gasteiger partial charge is 0.323 e. The first-order valence-electron chi connectivity index (χ1n) is 4.43. The van der Waals surface area contributed by atoms with Gasteiger partial charge in [0.1, 0.15) is 0 Å². The van der Waals surface area contributed by atoms with Gasteiger partial charge >= 0.3 is 0 Å². The van der Waals surface area contributed by atoms with E-state index in [2.05, 4.69) is 10.3 Å². The molecule has 76 valence electrons. The summed E-state index contributed by atoms with van der Waals surface area (Å²) in [6.07, 6.45) is 1.68. The minimum atomic E-state index is -0.873. The number of amides is 1. The minimum Gasteiger partial charge on any atom is -0.323 e. The SMILES string of the molecule is Cc1ncccc1NC(=O)C(C)(C)N. The summed E-state index contributed by atoms with van der Waals surface area (Å²) in [6, 6.07) is 3.57. The Bertz CT molecular complexity index is 341. The number of carbonyl (C=O) groups is 1. The first-order valence-corrected chi connectivity index (χ1v) is 4.43. The van der Waals surface area contributed by atoms with E-state index < -0.39 is 5.54 Å². The first-order chi connectivity index (χ1) is 6.41. The first kappa shape index (κ1) is 10.7. The fraction of sp³-hybridized carbons (Fsp3) is 0.400. The molecule has 0 bridgehead atoms. The van der Waals surface area contributed by atoms with Gasteiger partial charge in [-0.2, -0.15) is 0 Å². The highest BCUT2D eigenvalue weighted by atomic mass is 16.2. The van der Waals surface area contributed by atoms with Gasteiger partial charge in [0, 0.05) is 6.20 Å². The van der Waals surface area contributed by atoms with E-state index in [4.69, 9.17) is 5.73 Å². The molecular weight excluding hydrogens is 178 g/mol. The lowest BCUT2D eigenvalue weighted by atomic mass is 10.1. The minimum absolute atomic E-state index is 0.214. The summed E-state index contributed by atoms with van der Waals surface area (Å²) in [4.78, 5) is 15.6. The van der Waals surface area contributed by atoms with Gasteiger partial charge in [-0.15, -0.1) is 0 Å². The molecule has 0 aliphatic rings. The molecule has 14 heavy (non-hydrogen) atoms. The maximum absolute atomic E-state index is 11.5. The number of nitrogens with one attached hydrogen (secondary N) is 1. The number of aromatic nitrogens is 1. The molecule has 0 fully saturated rings. The Balaban J connectivity index is 2.80. The normalized spacial score (nSPS) is 11.1. The van der Waals surface area contributed by atoms with Crippen LogP contribution in [0.2, 0.25) is 0 Å². The highest BCUT2D eigenvalue weighted by Gasteiger charge is 2.22. The van der Waals surface area contributed by atoms with Gasteiger partial charge in [-0.05, 0) is 32.9 Å². The smallest absolute Gasteiger partial charge is 0.243 e. The van der Waals surface area contributed by atoms with Gasteiger partial charge in [0.15, 0.2) is 0 Å². The molecule has 1 aromatic rings. The van der Waals surface area contributed by atoms with Crippen molar-refractivity contribution in [1.29, 1.82) is 0 Å². The third-order valence-electron chi connectivity index (χ3n) is 1.84. The second-order valence-corrected chi connectivity index (χ2v) is 3.81. The molecule has 0 aromatic carbocycles. The second-order valence-electron chi connectivity index (χ2n) is 3.81. The third kappa shape index (κ3) is 2.53. The van der Waals surface area contributed by atoms with Crippen molar-refractivity contribution in [3.8, 4) is 0 Å². The Kier molecular flexibility index (Phi) is 2.86. The van der Waals surface area contributed by atoms with Crippen LogP contribution in [0.4, 0.5) is 5.69 Å². The van der Waals surface area contributed by atoms with Crippen LogP contribution in [0, 0.1) is 6.92 Å². The number of anilines is 1. The van der Waals surface area contributed by atoms with Crippen molar-refractivity contribution in [3.63, 3.8) is 0 Å². The van der Waals surface area contributed by atoms with E-state index in [-0.39, 0.29) is 5.91 Å². The van der Waals surface area contributed by atoms with Crippen LogP contribution in [0.1, 0.15) is 19.5 Å². The summed E-state index contributed by atoms with van der Waals surface area (Å²) in [6.45, 7) is 5.15. The van der Waals surface area contributed by atoms with Crippen LogP contribution < -0.4 is 11.1 Å². The molecular formula is C10H15N3O. The van der Waals surface area contributed by atoms with E-state index in [1.165, 1.54) is 0 Å². The Morgan fingerprint density at radius 1 is 1.57 bits per heavy atom. The molecule has 3 N–H and O–H groups in total. The Morgan fingerprint density at radius 3 is 2.71 bits per heavy atom. The zero-order chi connectivity index (χ0) is 10.8. The number of carbonyl (C=O) groups excluding carboxylic acids is 1. The highest BCUT2D eigenvalue weighted by Crippen LogP contribution is 2.12. The lowest BCUT2D eigenvalue weighted by molar-refractivity contribution is -0.120. The standard InChI is InChI=1S/C10H15N3O/c1-7-8(5-4-6-12-7)13-9(14)10(2,3)11/h4-6H,11H2,1-3H3,(H,13,14). The van der Waals surface area contributed by atoms with Gasteiger partial charge in [-0.1, -0.05) is 0 Å². The van der Waals surface area contributed by atoms with Crippen molar-refractivity contribution in [2.75, 3.05) is 5.32 Å². The fourth-order valence-electron chi connectivity index (χ4n) is 0.900. The summed E-state index contributed by atoms with van der Waals surface area (Å²) in [7, 11) is 0. The van der Waals surface area contributed by atoms with Crippen LogP contribution in [0.5, 0.6) is 0 Å². The molecule has 4 nitrogen and oxygen atoms in total. The van der Waals surface area contributed by atoms with Crippen molar-refractivity contribution < 1.29 is 4.79 Å². The number of hydrogen-bond acceptors (Lipinski definition) is 3. The summed E-state index contributed by atoms with van der Waals surface area (Å²) in [5.74, 6) is -0.214. The molecule has 0 radical (unpaired) electrons. The predicted octanol–water partition coefficient (Wildman–Crippen LogP) is 1.07. The summed E-state index contributed by atoms with van der Waals surface area (Å²) < 4.78 is 0. The molecule has 1 aromatic heterocycles. The average Bonchev–Trinajstić information content (AvgIpc) is 2.07. The molecule has 0 spiro atoms. The molecule has 0 atom stereocenters. The van der Waals surface area contributed by atoms with Gasteiger partial charge in [-0.25, -0.2) is 0 Å². The number of nitrogens with two attached hydrogens (primary N) is 1. The van der Waals surface area contributed by atoms with E-state index in [1.54, 1.807) is 32.2 Å². The number of nitrogens with zero attached hydrogens (tertiary/aromatic N) is 1. The number of hydrogen-bond donors (Lipinski definition) is 2. The lowest BCUT2D eigenvalue weighted by Crippen LogP contribution is -2.45. The lowest BCUT2D eigenvalue weighted by Gasteiger charge is -2.18. The highest BCUT2D eigenvalue weighted by molar-refractivity contribution is 5.97. The molecule has 0 aliphatic heterocycles. The fourth-order valence-corrected chi connectivity index (χ4v) is 0.900. The monoisotopic (exact) mass is 193 g/mol. The number of aryl methyl sites for hydroxylation is 1. The Hall–Kier alpha value is -1.42. The third-order valence-corrected chi connectivity index (χ3v) is 1.84. The quantitative estimate of drug-likeness (QED) is 0.738. The van der Waals surface area contributed by atoms with E-state index in [0.717, 1.165) is 5.69 Å². The molecule has 0 saturated carbocycles. The van der Waals surface area contributed by atoms with Crippen molar-refractivity contribution in [2.45, 2.75) is 26.3 Å². The second kappa shape index (κ2) is 3.75. The Morgan fingerprint density at radius 2 is 2.21 bits per heavy atom. The zero-order valence-electron chi connectivity index (χ0n) is 8.66. The Labute approximate surface area is 83.5 Å². The zero-order valence-corrected chi connectivity index (χ0v) is 8.66. The summed E-state index contributed by atoms with van der Waals surface area (Å²) in [5.41, 5.74) is 6.26. The van der Waals surface area contributed by atoms with Crippen LogP contribution in [0.25, 0.3) is 0 Å².